The first-order chi connectivity index (χ1) is 16.9. The molecule has 0 unspecified atom stereocenters. The summed E-state index contributed by atoms with van der Waals surface area (Å²) in [6.07, 6.45) is 5.84. The van der Waals surface area contributed by atoms with Gasteiger partial charge in [-0.3, -0.25) is 0 Å². The van der Waals surface area contributed by atoms with Gasteiger partial charge in [0.1, 0.15) is 11.3 Å². The quantitative estimate of drug-likeness (QED) is 0.413. The molecule has 10 nitrogen and oxygen atoms in total. The molecule has 1 aliphatic rings. The molecular weight excluding hydrogens is 468 g/mol. The van der Waals surface area contributed by atoms with Crippen LogP contribution >= 0.6 is 0 Å². The standard InChI is InChI=1S/C24H24N6O4S/c25-12-10-16-6-8-17(9-7-16)30-21(15-27-24(31)32)28-20-14-26-23-19(22(20)30)11-13-29(23)35(33,34)18-4-2-1-3-5-18/h1-5,11,13-14,16-17,27H,6-10,15H2,(H,31,32). The Hall–Kier alpha value is -3.91. The Morgan fingerprint density at radius 2 is 1.91 bits per heavy atom. The number of benzene rings is 1. The average Bonchev–Trinajstić information content (AvgIpc) is 3.46. The van der Waals surface area contributed by atoms with E-state index in [1.807, 2.05) is 4.57 Å². The summed E-state index contributed by atoms with van der Waals surface area (Å²) in [6, 6.07) is 12.2. The Bertz CT molecular complexity index is 1540. The van der Waals surface area contributed by atoms with Crippen LogP contribution in [0, 0.1) is 17.2 Å². The number of rotatable bonds is 6. The molecule has 0 bridgehead atoms. The van der Waals surface area contributed by atoms with E-state index in [1.165, 1.54) is 16.4 Å². The SMILES string of the molecule is N#CCC1CCC(n2c(CNC(=O)O)nc3cnc4c(ccn4S(=O)(=O)c4ccccc4)c32)CC1. The minimum Gasteiger partial charge on any atom is -0.465 e. The molecule has 0 aliphatic heterocycles. The minimum absolute atomic E-state index is 0.0205. The molecule has 0 saturated heterocycles. The second-order valence-electron chi connectivity index (χ2n) is 8.75. The zero-order valence-electron chi connectivity index (χ0n) is 18.8. The predicted molar refractivity (Wildman–Crippen MR) is 128 cm³/mol. The highest BCUT2D eigenvalue weighted by Crippen LogP contribution is 2.38. The Balaban J connectivity index is 1.65. The molecular formula is C24H24N6O4S. The average molecular weight is 493 g/mol. The first-order valence-electron chi connectivity index (χ1n) is 11.4. The molecule has 2 N–H and O–H groups in total. The van der Waals surface area contributed by atoms with Gasteiger partial charge in [0.15, 0.2) is 5.65 Å². The first-order valence-corrected chi connectivity index (χ1v) is 12.9. The number of nitrogens with zero attached hydrogens (tertiary/aromatic N) is 5. The van der Waals surface area contributed by atoms with E-state index in [0.29, 0.717) is 34.7 Å². The molecule has 3 heterocycles. The van der Waals surface area contributed by atoms with Crippen molar-refractivity contribution >= 4 is 38.2 Å². The molecule has 1 saturated carbocycles. The van der Waals surface area contributed by atoms with Crippen molar-refractivity contribution in [1.82, 2.24) is 23.8 Å². The van der Waals surface area contributed by atoms with Crippen molar-refractivity contribution < 1.29 is 18.3 Å². The number of nitriles is 1. The molecule has 5 rings (SSSR count). The van der Waals surface area contributed by atoms with Gasteiger partial charge < -0.3 is 15.0 Å². The van der Waals surface area contributed by atoms with Gasteiger partial charge in [0.05, 0.1) is 29.2 Å². The molecule has 11 heteroatoms. The van der Waals surface area contributed by atoms with Crippen molar-refractivity contribution in [2.24, 2.45) is 5.92 Å². The maximum Gasteiger partial charge on any atom is 0.405 e. The van der Waals surface area contributed by atoms with E-state index in [2.05, 4.69) is 21.4 Å². The van der Waals surface area contributed by atoms with Crippen LogP contribution < -0.4 is 5.32 Å². The smallest absolute Gasteiger partial charge is 0.405 e. The van der Waals surface area contributed by atoms with E-state index in [-0.39, 0.29) is 17.5 Å². The fourth-order valence-corrected chi connectivity index (χ4v) is 6.33. The lowest BCUT2D eigenvalue weighted by Crippen LogP contribution is -2.25. The molecule has 1 aromatic carbocycles. The second kappa shape index (κ2) is 9.03. The normalized spacial score (nSPS) is 18.5. The van der Waals surface area contributed by atoms with Crippen LogP contribution in [-0.4, -0.2) is 38.1 Å². The number of fused-ring (bicyclic) bond motifs is 3. The highest BCUT2D eigenvalue weighted by Gasteiger charge is 2.28. The molecule has 0 radical (unpaired) electrons. The van der Waals surface area contributed by atoms with Gasteiger partial charge in [-0.25, -0.2) is 27.2 Å². The molecule has 35 heavy (non-hydrogen) atoms. The van der Waals surface area contributed by atoms with E-state index in [0.717, 1.165) is 31.2 Å². The van der Waals surface area contributed by atoms with E-state index in [9.17, 15) is 13.2 Å². The summed E-state index contributed by atoms with van der Waals surface area (Å²) in [4.78, 5) is 20.4. The van der Waals surface area contributed by atoms with Crippen LogP contribution in [0.4, 0.5) is 4.79 Å². The lowest BCUT2D eigenvalue weighted by atomic mass is 9.84. The van der Waals surface area contributed by atoms with E-state index >= 15 is 0 Å². The van der Waals surface area contributed by atoms with E-state index < -0.39 is 16.1 Å². The molecule has 4 aromatic rings. The minimum atomic E-state index is -3.85. The first kappa shape index (κ1) is 22.9. The van der Waals surface area contributed by atoms with Gasteiger partial charge in [0.25, 0.3) is 10.0 Å². The monoisotopic (exact) mass is 492 g/mol. The Morgan fingerprint density at radius 1 is 1.17 bits per heavy atom. The van der Waals surface area contributed by atoms with Crippen LogP contribution in [0.3, 0.4) is 0 Å². The van der Waals surface area contributed by atoms with Gasteiger partial charge in [0, 0.05) is 24.0 Å². The number of nitrogens with one attached hydrogen (secondary N) is 1. The number of hydrogen-bond donors (Lipinski definition) is 2. The number of amides is 1. The number of hydrogen-bond acceptors (Lipinski definition) is 6. The zero-order valence-corrected chi connectivity index (χ0v) is 19.6. The van der Waals surface area contributed by atoms with Crippen molar-refractivity contribution in [3.8, 4) is 6.07 Å². The van der Waals surface area contributed by atoms with E-state index in [4.69, 9.17) is 10.4 Å². The zero-order chi connectivity index (χ0) is 24.6. The second-order valence-corrected chi connectivity index (χ2v) is 10.6. The van der Waals surface area contributed by atoms with Crippen molar-refractivity contribution in [3.05, 3.63) is 54.6 Å². The molecule has 3 aromatic heterocycles. The summed E-state index contributed by atoms with van der Waals surface area (Å²) in [5.41, 5.74) is 1.61. The van der Waals surface area contributed by atoms with Crippen molar-refractivity contribution in [1.29, 1.82) is 5.26 Å². The van der Waals surface area contributed by atoms with Crippen LogP contribution in [0.15, 0.2) is 53.7 Å². The summed E-state index contributed by atoms with van der Waals surface area (Å²) in [6.45, 7) is 0.0205. The fraction of sp³-hybridized carbons (Fsp3) is 0.333. The third-order valence-corrected chi connectivity index (χ3v) is 8.34. The third kappa shape index (κ3) is 4.10. The molecule has 0 atom stereocenters. The highest BCUT2D eigenvalue weighted by molar-refractivity contribution is 7.90. The van der Waals surface area contributed by atoms with Gasteiger partial charge in [-0.2, -0.15) is 5.26 Å². The van der Waals surface area contributed by atoms with Crippen LogP contribution in [0.1, 0.15) is 44.0 Å². The Kier molecular flexibility index (Phi) is 5.90. The van der Waals surface area contributed by atoms with Crippen molar-refractivity contribution in [2.75, 3.05) is 0 Å². The summed E-state index contributed by atoms with van der Waals surface area (Å²) in [7, 11) is -3.85. The summed E-state index contributed by atoms with van der Waals surface area (Å²) in [5, 5.41) is 21.2. The highest BCUT2D eigenvalue weighted by atomic mass is 32.2. The maximum absolute atomic E-state index is 13.3. The Morgan fingerprint density at radius 3 is 2.60 bits per heavy atom. The molecule has 1 aliphatic carbocycles. The molecule has 1 fully saturated rings. The lowest BCUT2D eigenvalue weighted by Gasteiger charge is -2.30. The van der Waals surface area contributed by atoms with Gasteiger partial charge >= 0.3 is 6.09 Å². The van der Waals surface area contributed by atoms with Gasteiger partial charge in [0.2, 0.25) is 0 Å². The fourth-order valence-electron chi connectivity index (χ4n) is 5.00. The predicted octanol–water partition coefficient (Wildman–Crippen LogP) is 4.04. The number of carbonyl (C=O) groups is 1. The number of aromatic nitrogens is 4. The number of carboxylic acid groups (broad SMARTS) is 1. The number of pyridine rings is 1. The lowest BCUT2D eigenvalue weighted by molar-refractivity contribution is 0.193. The van der Waals surface area contributed by atoms with Gasteiger partial charge in [-0.15, -0.1) is 0 Å². The summed E-state index contributed by atoms with van der Waals surface area (Å²) < 4.78 is 29.8. The molecule has 180 valence electrons. The summed E-state index contributed by atoms with van der Waals surface area (Å²) >= 11 is 0. The summed E-state index contributed by atoms with van der Waals surface area (Å²) in [5.74, 6) is 0.907. The third-order valence-electron chi connectivity index (χ3n) is 6.66. The van der Waals surface area contributed by atoms with Gasteiger partial charge in [-0.05, 0) is 49.8 Å². The Labute approximate surface area is 201 Å². The van der Waals surface area contributed by atoms with Crippen LogP contribution in [0.25, 0.3) is 22.1 Å². The van der Waals surface area contributed by atoms with Gasteiger partial charge in [-0.1, -0.05) is 18.2 Å². The maximum atomic E-state index is 13.3. The van der Waals surface area contributed by atoms with Crippen LogP contribution in [0.5, 0.6) is 0 Å². The van der Waals surface area contributed by atoms with Crippen molar-refractivity contribution in [2.45, 2.75) is 49.6 Å². The molecule has 0 spiro atoms. The van der Waals surface area contributed by atoms with Crippen LogP contribution in [0.2, 0.25) is 0 Å². The topological polar surface area (TPSA) is 143 Å². The largest absolute Gasteiger partial charge is 0.465 e. The molecule has 1 amide bonds. The van der Waals surface area contributed by atoms with Crippen LogP contribution in [-0.2, 0) is 16.6 Å². The van der Waals surface area contributed by atoms with Crippen molar-refractivity contribution in [3.63, 3.8) is 0 Å². The van der Waals surface area contributed by atoms with E-state index in [1.54, 1.807) is 36.4 Å². The number of imidazole rings is 1.